The normalized spacial score (nSPS) is 19.2. The Hall–Kier alpha value is -2.40. The first-order valence-electron chi connectivity index (χ1n) is 8.02. The van der Waals surface area contributed by atoms with Gasteiger partial charge in [-0.15, -0.1) is 0 Å². The molecule has 126 valence electrons. The molecule has 2 aromatic carbocycles. The first-order chi connectivity index (χ1) is 12.0. The maximum Gasteiger partial charge on any atom is 0.319 e. The summed E-state index contributed by atoms with van der Waals surface area (Å²) >= 11 is 3.43. The van der Waals surface area contributed by atoms with Gasteiger partial charge < -0.3 is 4.74 Å². The number of para-hydroxylation sites is 1. The lowest BCUT2D eigenvalue weighted by atomic mass is 9.84. The predicted molar refractivity (Wildman–Crippen MR) is 98.8 cm³/mol. The third-order valence-corrected chi connectivity index (χ3v) is 5.50. The van der Waals surface area contributed by atoms with E-state index < -0.39 is 11.9 Å². The van der Waals surface area contributed by atoms with E-state index in [4.69, 9.17) is 4.74 Å². The Labute approximate surface area is 153 Å². The monoisotopic (exact) mass is 397 g/mol. The van der Waals surface area contributed by atoms with Crippen LogP contribution in [0.5, 0.6) is 0 Å². The van der Waals surface area contributed by atoms with Crippen molar-refractivity contribution in [1.29, 1.82) is 0 Å². The standard InChI is InChI=1S/C20H16BrNO3/c1-11-14-5-3-4-6-15(14)22-18(11)16(12-7-9-13(21)10-8-12)17(19(22)23)20(24)25-2/h3-10,16-17H,1-2H3/t16-,17-/m1/s1. The van der Waals surface area contributed by atoms with E-state index in [2.05, 4.69) is 15.9 Å². The number of esters is 1. The Morgan fingerprint density at radius 2 is 1.80 bits per heavy atom. The second-order valence-electron chi connectivity index (χ2n) is 6.23. The third-order valence-electron chi connectivity index (χ3n) is 4.97. The molecule has 25 heavy (non-hydrogen) atoms. The van der Waals surface area contributed by atoms with E-state index in [-0.39, 0.29) is 11.8 Å². The van der Waals surface area contributed by atoms with Gasteiger partial charge in [0.15, 0.2) is 0 Å². The summed E-state index contributed by atoms with van der Waals surface area (Å²) in [6.07, 6.45) is 0. The topological polar surface area (TPSA) is 48.3 Å². The molecule has 0 saturated heterocycles. The first-order valence-corrected chi connectivity index (χ1v) is 8.81. The molecule has 2 heterocycles. The minimum atomic E-state index is -0.857. The van der Waals surface area contributed by atoms with Crippen LogP contribution in [0.2, 0.25) is 0 Å². The van der Waals surface area contributed by atoms with Crippen LogP contribution in [0, 0.1) is 12.8 Å². The SMILES string of the molecule is COC(=O)[C@H]1C(=O)n2c(c(C)c3ccccc32)[C@@H]1c1ccc(Br)cc1. The molecular formula is C20H16BrNO3. The summed E-state index contributed by atoms with van der Waals surface area (Å²) in [6.45, 7) is 2.01. The molecule has 0 saturated carbocycles. The Balaban J connectivity index is 2.01. The average Bonchev–Trinajstić information content (AvgIpc) is 3.09. The van der Waals surface area contributed by atoms with Gasteiger partial charge in [0.2, 0.25) is 5.91 Å². The van der Waals surface area contributed by atoms with Crippen LogP contribution in [0.3, 0.4) is 0 Å². The number of ether oxygens (including phenoxy) is 1. The number of rotatable bonds is 2. The average molecular weight is 398 g/mol. The van der Waals surface area contributed by atoms with E-state index in [1.165, 1.54) is 7.11 Å². The van der Waals surface area contributed by atoms with Gasteiger partial charge in [-0.25, -0.2) is 0 Å². The highest BCUT2D eigenvalue weighted by atomic mass is 79.9. The number of carbonyl (C=O) groups is 2. The Morgan fingerprint density at radius 3 is 2.48 bits per heavy atom. The van der Waals surface area contributed by atoms with Gasteiger partial charge >= 0.3 is 5.97 Å². The maximum absolute atomic E-state index is 13.1. The van der Waals surface area contributed by atoms with Gasteiger partial charge in [0.1, 0.15) is 5.92 Å². The van der Waals surface area contributed by atoms with Gasteiger partial charge in [0.05, 0.1) is 12.6 Å². The van der Waals surface area contributed by atoms with Crippen LogP contribution in [0.1, 0.15) is 27.5 Å². The molecule has 0 amide bonds. The van der Waals surface area contributed by atoms with Gasteiger partial charge in [-0.2, -0.15) is 0 Å². The Kier molecular flexibility index (Phi) is 3.76. The second-order valence-corrected chi connectivity index (χ2v) is 7.15. The van der Waals surface area contributed by atoms with Crippen molar-refractivity contribution in [2.75, 3.05) is 7.11 Å². The fourth-order valence-corrected chi connectivity index (χ4v) is 4.12. The number of aromatic nitrogens is 1. The van der Waals surface area contributed by atoms with Gasteiger partial charge in [-0.05, 0) is 36.2 Å². The van der Waals surface area contributed by atoms with Crippen molar-refractivity contribution >= 4 is 38.7 Å². The maximum atomic E-state index is 13.1. The zero-order chi connectivity index (χ0) is 17.7. The van der Waals surface area contributed by atoms with E-state index in [1.807, 2.05) is 55.5 Å². The summed E-state index contributed by atoms with van der Waals surface area (Å²) < 4.78 is 7.59. The number of methoxy groups -OCH3 is 1. The van der Waals surface area contributed by atoms with Crippen LogP contribution < -0.4 is 0 Å². The smallest absolute Gasteiger partial charge is 0.319 e. The summed E-state index contributed by atoms with van der Waals surface area (Å²) in [6, 6.07) is 15.5. The van der Waals surface area contributed by atoms with Crippen molar-refractivity contribution in [3.8, 4) is 0 Å². The molecule has 0 fully saturated rings. The number of carbonyl (C=O) groups excluding carboxylic acids is 2. The van der Waals surface area contributed by atoms with Crippen LogP contribution in [-0.2, 0) is 9.53 Å². The van der Waals surface area contributed by atoms with Crippen molar-refractivity contribution in [2.24, 2.45) is 5.92 Å². The molecule has 0 unspecified atom stereocenters. The lowest BCUT2D eigenvalue weighted by Crippen LogP contribution is -2.27. The van der Waals surface area contributed by atoms with Crippen LogP contribution >= 0.6 is 15.9 Å². The highest BCUT2D eigenvalue weighted by molar-refractivity contribution is 9.10. The predicted octanol–water partition coefficient (Wildman–Crippen LogP) is 4.29. The lowest BCUT2D eigenvalue weighted by Gasteiger charge is -2.17. The van der Waals surface area contributed by atoms with Crippen molar-refractivity contribution in [3.63, 3.8) is 0 Å². The molecule has 1 aliphatic rings. The van der Waals surface area contributed by atoms with Crippen LogP contribution in [0.15, 0.2) is 53.0 Å². The summed E-state index contributed by atoms with van der Waals surface area (Å²) in [5, 5.41) is 1.04. The van der Waals surface area contributed by atoms with Gasteiger partial charge in [-0.1, -0.05) is 46.3 Å². The molecule has 0 bridgehead atoms. The largest absolute Gasteiger partial charge is 0.468 e. The molecule has 0 N–H and O–H groups in total. The molecule has 5 heteroatoms. The second kappa shape index (κ2) is 5.85. The van der Waals surface area contributed by atoms with Crippen molar-refractivity contribution < 1.29 is 14.3 Å². The summed E-state index contributed by atoms with van der Waals surface area (Å²) in [4.78, 5) is 25.6. The van der Waals surface area contributed by atoms with E-state index in [0.29, 0.717) is 0 Å². The molecule has 1 aromatic heterocycles. The first kappa shape index (κ1) is 16.1. The molecule has 4 nitrogen and oxygen atoms in total. The van der Waals surface area contributed by atoms with E-state index in [9.17, 15) is 9.59 Å². The Bertz CT molecular complexity index is 1000. The van der Waals surface area contributed by atoms with Crippen molar-refractivity contribution in [3.05, 3.63) is 69.8 Å². The Morgan fingerprint density at radius 1 is 1.12 bits per heavy atom. The highest BCUT2D eigenvalue weighted by Crippen LogP contribution is 2.45. The van der Waals surface area contributed by atoms with Gasteiger partial charge in [0, 0.05) is 21.5 Å². The molecular weight excluding hydrogens is 382 g/mol. The molecule has 0 aliphatic carbocycles. The number of halogens is 1. The quantitative estimate of drug-likeness (QED) is 0.478. The number of benzene rings is 2. The van der Waals surface area contributed by atoms with E-state index in [0.717, 1.165) is 32.2 Å². The molecule has 1 aliphatic heterocycles. The van der Waals surface area contributed by atoms with Crippen molar-refractivity contribution in [1.82, 2.24) is 4.57 Å². The zero-order valence-corrected chi connectivity index (χ0v) is 15.4. The van der Waals surface area contributed by atoms with Gasteiger partial charge in [-0.3, -0.25) is 14.2 Å². The highest BCUT2D eigenvalue weighted by Gasteiger charge is 2.48. The molecule has 0 radical (unpaired) electrons. The molecule has 4 rings (SSSR count). The minimum absolute atomic E-state index is 0.223. The van der Waals surface area contributed by atoms with Crippen molar-refractivity contribution in [2.45, 2.75) is 12.8 Å². The van der Waals surface area contributed by atoms with Crippen LogP contribution in [0.4, 0.5) is 0 Å². The van der Waals surface area contributed by atoms with E-state index in [1.54, 1.807) is 4.57 Å². The number of hydrogen-bond donors (Lipinski definition) is 0. The molecule has 2 atom stereocenters. The number of hydrogen-bond acceptors (Lipinski definition) is 3. The van der Waals surface area contributed by atoms with Crippen LogP contribution in [-0.4, -0.2) is 23.6 Å². The summed E-state index contributed by atoms with van der Waals surface area (Å²) in [5.41, 5.74) is 3.68. The summed E-state index contributed by atoms with van der Waals surface area (Å²) in [7, 11) is 1.33. The van der Waals surface area contributed by atoms with E-state index >= 15 is 0 Å². The molecule has 0 spiro atoms. The zero-order valence-electron chi connectivity index (χ0n) is 13.8. The minimum Gasteiger partial charge on any atom is -0.468 e. The number of fused-ring (bicyclic) bond motifs is 3. The number of nitrogens with zero attached hydrogens (tertiary/aromatic N) is 1. The van der Waals surface area contributed by atoms with Crippen LogP contribution in [0.25, 0.3) is 10.9 Å². The fraction of sp³-hybridized carbons (Fsp3) is 0.200. The fourth-order valence-electron chi connectivity index (χ4n) is 3.85. The lowest BCUT2D eigenvalue weighted by molar-refractivity contribution is -0.143. The third kappa shape index (κ3) is 2.26. The van der Waals surface area contributed by atoms with Gasteiger partial charge in [0.25, 0.3) is 0 Å². The number of aryl methyl sites for hydroxylation is 1. The summed E-state index contributed by atoms with van der Waals surface area (Å²) in [5.74, 6) is -1.92. The molecule has 3 aromatic rings.